The summed E-state index contributed by atoms with van der Waals surface area (Å²) < 4.78 is 0. The lowest BCUT2D eigenvalue weighted by Gasteiger charge is -2.23. The van der Waals surface area contributed by atoms with Crippen LogP contribution in [0.3, 0.4) is 0 Å². The van der Waals surface area contributed by atoms with Crippen molar-refractivity contribution in [3.63, 3.8) is 0 Å². The highest BCUT2D eigenvalue weighted by Crippen LogP contribution is 2.30. The van der Waals surface area contributed by atoms with Gasteiger partial charge in [0.15, 0.2) is 5.82 Å². The lowest BCUT2D eigenvalue weighted by Crippen LogP contribution is -2.20. The highest BCUT2D eigenvalue weighted by molar-refractivity contribution is 4.96. The first-order valence-electron chi connectivity index (χ1n) is 4.87. The molecule has 2 rings (SSSR count). The molecule has 0 bridgehead atoms. The van der Waals surface area contributed by atoms with Crippen LogP contribution >= 0.6 is 0 Å². The van der Waals surface area contributed by atoms with Gasteiger partial charge in [0, 0.05) is 5.41 Å². The molecule has 0 aliphatic heterocycles. The average Bonchev–Trinajstić information content (AvgIpc) is 2.29. The molecule has 1 aromatic rings. The van der Waals surface area contributed by atoms with Crippen LogP contribution in [-0.4, -0.2) is 20.2 Å². The topological polar surface area (TPSA) is 43.6 Å². The van der Waals surface area contributed by atoms with Gasteiger partial charge in [0.2, 0.25) is 0 Å². The van der Waals surface area contributed by atoms with E-state index in [1.54, 1.807) is 4.80 Å². The van der Waals surface area contributed by atoms with E-state index < -0.39 is 0 Å². The van der Waals surface area contributed by atoms with Crippen LogP contribution < -0.4 is 0 Å². The normalized spacial score (nSPS) is 18.7. The number of hydrogen-bond donors (Lipinski definition) is 0. The van der Waals surface area contributed by atoms with Crippen LogP contribution in [0.15, 0.2) is 0 Å². The van der Waals surface area contributed by atoms with Crippen LogP contribution in [0.1, 0.15) is 51.9 Å². The highest BCUT2D eigenvalue weighted by atomic mass is 15.6. The first-order chi connectivity index (χ1) is 6.07. The van der Waals surface area contributed by atoms with Gasteiger partial charge in [-0.3, -0.25) is 0 Å². The molecule has 0 radical (unpaired) electrons. The molecule has 0 N–H and O–H groups in total. The van der Waals surface area contributed by atoms with Crippen molar-refractivity contribution in [2.45, 2.75) is 51.5 Å². The predicted octanol–water partition coefficient (Wildman–Crippen LogP) is 1.70. The van der Waals surface area contributed by atoms with Crippen LogP contribution in [0, 0.1) is 0 Å². The fourth-order valence-corrected chi connectivity index (χ4v) is 1.30. The van der Waals surface area contributed by atoms with E-state index in [9.17, 15) is 0 Å². The van der Waals surface area contributed by atoms with Crippen LogP contribution in [0.25, 0.3) is 0 Å². The van der Waals surface area contributed by atoms with Gasteiger partial charge in [-0.25, -0.2) is 0 Å². The van der Waals surface area contributed by atoms with Crippen molar-refractivity contribution in [2.75, 3.05) is 0 Å². The molecule has 4 nitrogen and oxygen atoms in total. The summed E-state index contributed by atoms with van der Waals surface area (Å²) in [7, 11) is 0. The van der Waals surface area contributed by atoms with Crippen molar-refractivity contribution in [1.29, 1.82) is 0 Å². The molecule has 72 valence electrons. The van der Waals surface area contributed by atoms with Crippen molar-refractivity contribution in [3.05, 3.63) is 5.82 Å². The summed E-state index contributed by atoms with van der Waals surface area (Å²) in [6.07, 6.45) is 3.72. The summed E-state index contributed by atoms with van der Waals surface area (Å²) >= 11 is 0. The Bertz CT molecular complexity index is 293. The maximum absolute atomic E-state index is 4.40. The molecule has 0 atom stereocenters. The number of hydrogen-bond acceptors (Lipinski definition) is 3. The second-order valence-electron chi connectivity index (χ2n) is 4.77. The van der Waals surface area contributed by atoms with Gasteiger partial charge in [-0.2, -0.15) is 4.80 Å². The number of tetrazole rings is 1. The Morgan fingerprint density at radius 2 is 2.00 bits per heavy atom. The zero-order valence-corrected chi connectivity index (χ0v) is 8.49. The van der Waals surface area contributed by atoms with E-state index in [2.05, 4.69) is 36.2 Å². The third-order valence-corrected chi connectivity index (χ3v) is 2.50. The van der Waals surface area contributed by atoms with Crippen molar-refractivity contribution >= 4 is 0 Å². The van der Waals surface area contributed by atoms with Gasteiger partial charge in [-0.1, -0.05) is 20.8 Å². The molecule has 1 heterocycles. The maximum Gasteiger partial charge on any atom is 0.180 e. The van der Waals surface area contributed by atoms with Crippen molar-refractivity contribution in [3.8, 4) is 0 Å². The number of aromatic nitrogens is 4. The van der Waals surface area contributed by atoms with Crippen LogP contribution in [0.4, 0.5) is 0 Å². The molecule has 13 heavy (non-hydrogen) atoms. The minimum Gasteiger partial charge on any atom is -0.161 e. The third-order valence-electron chi connectivity index (χ3n) is 2.50. The molecule has 1 aliphatic rings. The summed E-state index contributed by atoms with van der Waals surface area (Å²) in [5.41, 5.74) is 0.0159. The molecule has 1 aliphatic carbocycles. The monoisotopic (exact) mass is 180 g/mol. The lowest BCUT2D eigenvalue weighted by molar-refractivity contribution is 0.256. The van der Waals surface area contributed by atoms with Gasteiger partial charge in [0.1, 0.15) is 0 Å². The lowest BCUT2D eigenvalue weighted by atomic mass is 9.94. The fraction of sp³-hybridized carbons (Fsp3) is 0.889. The summed E-state index contributed by atoms with van der Waals surface area (Å²) in [6, 6.07) is 0.517. The molecular formula is C9H16N4. The van der Waals surface area contributed by atoms with E-state index in [1.165, 1.54) is 19.3 Å². The van der Waals surface area contributed by atoms with Crippen molar-refractivity contribution in [2.24, 2.45) is 0 Å². The Balaban J connectivity index is 2.17. The minimum atomic E-state index is 0.0159. The zero-order valence-electron chi connectivity index (χ0n) is 8.49. The van der Waals surface area contributed by atoms with Crippen LogP contribution in [0.5, 0.6) is 0 Å². The Kier molecular flexibility index (Phi) is 1.86. The van der Waals surface area contributed by atoms with E-state index in [0.717, 1.165) is 5.82 Å². The van der Waals surface area contributed by atoms with Crippen LogP contribution in [0.2, 0.25) is 0 Å². The Hall–Kier alpha value is -0.930. The summed E-state index contributed by atoms with van der Waals surface area (Å²) in [5, 5.41) is 12.6. The van der Waals surface area contributed by atoms with E-state index in [4.69, 9.17) is 0 Å². The molecule has 0 spiro atoms. The molecule has 0 amide bonds. The first-order valence-corrected chi connectivity index (χ1v) is 4.87. The molecule has 1 saturated carbocycles. The minimum absolute atomic E-state index is 0.0159. The maximum atomic E-state index is 4.40. The molecule has 4 heteroatoms. The highest BCUT2D eigenvalue weighted by Gasteiger charge is 2.25. The van der Waals surface area contributed by atoms with Gasteiger partial charge in [0.05, 0.1) is 6.04 Å². The van der Waals surface area contributed by atoms with Crippen molar-refractivity contribution in [1.82, 2.24) is 20.2 Å². The largest absolute Gasteiger partial charge is 0.180 e. The van der Waals surface area contributed by atoms with E-state index in [-0.39, 0.29) is 5.41 Å². The summed E-state index contributed by atoms with van der Waals surface area (Å²) in [5.74, 6) is 0.847. The summed E-state index contributed by atoms with van der Waals surface area (Å²) in [4.78, 5) is 1.78. The standard InChI is InChI=1S/C9H16N4/c1-9(2,3)8-10-12-13(11-8)7-5-4-6-7/h7H,4-6H2,1-3H3. The second-order valence-corrected chi connectivity index (χ2v) is 4.77. The third kappa shape index (κ3) is 1.57. The second kappa shape index (κ2) is 2.79. The predicted molar refractivity (Wildman–Crippen MR) is 49.4 cm³/mol. The van der Waals surface area contributed by atoms with E-state index in [1.807, 2.05) is 0 Å². The van der Waals surface area contributed by atoms with Gasteiger partial charge >= 0.3 is 0 Å². The quantitative estimate of drug-likeness (QED) is 0.660. The molecule has 0 aromatic carbocycles. The summed E-state index contributed by atoms with van der Waals surface area (Å²) in [6.45, 7) is 6.32. The number of rotatable bonds is 1. The number of nitrogens with zero attached hydrogens (tertiary/aromatic N) is 4. The van der Waals surface area contributed by atoms with Gasteiger partial charge in [0.25, 0.3) is 0 Å². The zero-order chi connectivity index (χ0) is 9.47. The first kappa shape index (κ1) is 8.66. The van der Waals surface area contributed by atoms with Gasteiger partial charge in [-0.05, 0) is 24.5 Å². The Labute approximate surface area is 78.3 Å². The SMILES string of the molecule is CC(C)(C)c1nnn(C2CCC2)n1. The molecule has 0 saturated heterocycles. The molecule has 0 unspecified atom stereocenters. The van der Waals surface area contributed by atoms with Gasteiger partial charge < -0.3 is 0 Å². The molecule has 1 aromatic heterocycles. The molecule has 1 fully saturated rings. The van der Waals surface area contributed by atoms with Gasteiger partial charge in [-0.15, -0.1) is 10.2 Å². The fourth-order valence-electron chi connectivity index (χ4n) is 1.30. The van der Waals surface area contributed by atoms with E-state index >= 15 is 0 Å². The Morgan fingerprint density at radius 3 is 2.38 bits per heavy atom. The average molecular weight is 180 g/mol. The smallest absolute Gasteiger partial charge is 0.161 e. The molecular weight excluding hydrogens is 164 g/mol. The van der Waals surface area contributed by atoms with Crippen LogP contribution in [-0.2, 0) is 5.41 Å². The van der Waals surface area contributed by atoms with E-state index in [0.29, 0.717) is 6.04 Å². The van der Waals surface area contributed by atoms with Crippen molar-refractivity contribution < 1.29 is 0 Å². The Morgan fingerprint density at radius 1 is 1.31 bits per heavy atom.